The molecule has 1 aromatic heterocycles. The number of halogens is 3. The molecule has 1 aliphatic rings. The summed E-state index contributed by atoms with van der Waals surface area (Å²) < 4.78 is 44.6. The zero-order valence-electron chi connectivity index (χ0n) is 40.0. The van der Waals surface area contributed by atoms with Crippen molar-refractivity contribution in [2.24, 2.45) is 11.8 Å². The van der Waals surface area contributed by atoms with Gasteiger partial charge in [-0.05, 0) is 92.0 Å². The minimum absolute atomic E-state index is 0. The van der Waals surface area contributed by atoms with E-state index in [1.807, 2.05) is 82.3 Å². The Hall–Kier alpha value is -5.40. The number of rotatable bonds is 9. The van der Waals surface area contributed by atoms with E-state index in [0.717, 1.165) is 76.0 Å². The van der Waals surface area contributed by atoms with Crippen molar-refractivity contribution in [2.45, 2.75) is 98.8 Å². The second-order valence-electron chi connectivity index (χ2n) is 19.0. The summed E-state index contributed by atoms with van der Waals surface area (Å²) in [5.74, 6) is 0.547. The Morgan fingerprint density at radius 1 is 0.642 bits per heavy atom. The maximum atomic E-state index is 14.9. The molecule has 0 aliphatic carbocycles. The summed E-state index contributed by atoms with van der Waals surface area (Å²) in [6.45, 7) is 19.3. The van der Waals surface area contributed by atoms with E-state index in [-0.39, 0.29) is 54.5 Å². The minimum Gasteiger partial charge on any atom is -0.512 e. The molecular weight excluding hydrogens is 1030 g/mol. The Kier molecular flexibility index (Phi) is 15.9. The third-order valence-electron chi connectivity index (χ3n) is 13.5. The summed E-state index contributed by atoms with van der Waals surface area (Å²) in [6, 6.07) is 46.4. The molecule has 0 atom stereocenters. The van der Waals surface area contributed by atoms with Crippen LogP contribution < -0.4 is 10.4 Å². The topological polar surface area (TPSA) is 50.2 Å². The largest absolute Gasteiger partial charge is 0.512 e. The smallest absolute Gasteiger partial charge is 0.418 e. The number of pyridine rings is 1. The van der Waals surface area contributed by atoms with Gasteiger partial charge in [0.15, 0.2) is 5.78 Å². The molecule has 8 rings (SSSR count). The maximum absolute atomic E-state index is 14.9. The van der Waals surface area contributed by atoms with Gasteiger partial charge < -0.3 is 5.11 Å². The van der Waals surface area contributed by atoms with E-state index in [9.17, 15) is 23.1 Å². The fraction of sp³-hybridized carbons (Fsp3) is 0.288. The summed E-state index contributed by atoms with van der Waals surface area (Å²) in [5, 5.41) is 14.4. The zero-order chi connectivity index (χ0) is 47.6. The van der Waals surface area contributed by atoms with Crippen molar-refractivity contribution in [1.29, 1.82) is 0 Å². The van der Waals surface area contributed by atoms with E-state index in [2.05, 4.69) is 112 Å². The Morgan fingerprint density at radius 2 is 1.15 bits per heavy atom. The molecule has 0 fully saturated rings. The minimum atomic E-state index is -4.61. The molecular formula is C59H61F3IrNO2Si-. The van der Waals surface area contributed by atoms with Crippen molar-refractivity contribution in [3.8, 4) is 55.8 Å². The molecule has 1 radical (unpaired) electrons. The Bertz CT molecular complexity index is 2920. The number of aliphatic hydroxyl groups excluding tert-OH is 1. The molecule has 0 saturated carbocycles. The quantitative estimate of drug-likeness (QED) is 0.0678. The monoisotopic (exact) mass is 1090 g/mol. The van der Waals surface area contributed by atoms with Crippen molar-refractivity contribution in [1.82, 2.24) is 4.98 Å². The summed E-state index contributed by atoms with van der Waals surface area (Å²) in [7, 11) is -2.24. The van der Waals surface area contributed by atoms with Crippen molar-refractivity contribution in [2.75, 3.05) is 0 Å². The number of fused-ring (bicyclic) bond motifs is 8. The number of aromatic nitrogens is 1. The first kappa shape index (κ1) is 51.0. The molecule has 1 N–H and O–H groups in total. The number of carbonyl (C=O) groups is 1. The van der Waals surface area contributed by atoms with Gasteiger partial charge in [0, 0.05) is 49.9 Å². The van der Waals surface area contributed by atoms with E-state index >= 15 is 0 Å². The summed E-state index contributed by atoms with van der Waals surface area (Å²) >= 11 is 0. The molecule has 6 aromatic carbocycles. The van der Waals surface area contributed by atoms with E-state index < -0.39 is 19.8 Å². The van der Waals surface area contributed by atoms with Gasteiger partial charge in [0.25, 0.3) is 0 Å². The van der Waals surface area contributed by atoms with Crippen LogP contribution in [-0.2, 0) is 36.5 Å². The van der Waals surface area contributed by atoms with Gasteiger partial charge in [-0.3, -0.25) is 9.78 Å². The summed E-state index contributed by atoms with van der Waals surface area (Å²) in [4.78, 5) is 16.1. The van der Waals surface area contributed by atoms with Gasteiger partial charge in [0.1, 0.15) is 8.07 Å². The number of benzene rings is 6. The summed E-state index contributed by atoms with van der Waals surface area (Å²) in [5.41, 5.74) is 8.08. The Labute approximate surface area is 410 Å². The SMILES string of the molecule is CC(C)(C)c1cc(-c2cc(-c3ccc4c(c3)-c3ccccc3-c3ccccc3[Si](C)(C)c3ccccc3-4)c(C(F)(F)F)cn2)[c-]c2ccccc12.CCC(CC)C(=O)/C=C(\O)C(CC)CC.[Ir]. The third-order valence-corrected chi connectivity index (χ3v) is 17.0. The standard InChI is InChI=1S/C46H37F3NSi.C13H24O2.Ir/c1-45(2,3)40-26-31(24-29-14-6-7-15-32(29)40)42-27-38(41(28-50-42)46(47,48)49)30-22-23-35-37-19-11-13-21-44(37)51(4,5)43-20-12-10-18-36(43)33-16-8-9-17-34(33)39(35)25-30;1-5-10(6-2)12(14)9-13(15)11(7-3)8-4;/h6-23,25-28H,1-5H3;9-11,14H,5-8H2,1-4H3;/q-1;;/b;12-9-;. The molecule has 0 amide bonds. The van der Waals surface area contributed by atoms with Crippen LogP contribution in [0, 0.1) is 17.9 Å². The van der Waals surface area contributed by atoms with Crippen LogP contribution in [0.4, 0.5) is 13.2 Å². The average molecular weight is 1090 g/mol. The van der Waals surface area contributed by atoms with Crippen molar-refractivity contribution in [3.05, 3.63) is 163 Å². The number of aliphatic hydroxyl groups is 1. The van der Waals surface area contributed by atoms with Crippen molar-refractivity contribution in [3.63, 3.8) is 0 Å². The first-order chi connectivity index (χ1) is 31.4. The Morgan fingerprint density at radius 3 is 1.70 bits per heavy atom. The number of alkyl halides is 3. The van der Waals surface area contributed by atoms with Crippen LogP contribution in [0.5, 0.6) is 0 Å². The zero-order valence-corrected chi connectivity index (χ0v) is 43.4. The molecule has 349 valence electrons. The molecule has 1 aliphatic heterocycles. The third kappa shape index (κ3) is 10.5. The van der Waals surface area contributed by atoms with E-state index in [0.29, 0.717) is 16.8 Å². The second kappa shape index (κ2) is 20.9. The number of nitrogens with zero attached hydrogens (tertiary/aromatic N) is 1. The molecule has 0 unspecified atom stereocenters. The van der Waals surface area contributed by atoms with Gasteiger partial charge in [-0.15, -0.1) is 29.1 Å². The fourth-order valence-electron chi connectivity index (χ4n) is 9.63. The van der Waals surface area contributed by atoms with E-state index in [1.165, 1.54) is 22.0 Å². The van der Waals surface area contributed by atoms with Crippen LogP contribution >= 0.6 is 0 Å². The molecule has 8 heteroatoms. The van der Waals surface area contributed by atoms with Gasteiger partial charge in [-0.25, -0.2) is 0 Å². The molecule has 0 bridgehead atoms. The van der Waals surface area contributed by atoms with Gasteiger partial charge in [-0.2, -0.15) is 13.2 Å². The average Bonchev–Trinajstić information content (AvgIpc) is 3.33. The fourth-order valence-corrected chi connectivity index (χ4v) is 12.7. The molecule has 0 saturated heterocycles. The number of hydrogen-bond acceptors (Lipinski definition) is 3. The Balaban J connectivity index is 0.000000401. The normalized spacial score (nSPS) is 13.2. The molecule has 3 nitrogen and oxygen atoms in total. The predicted octanol–water partition coefficient (Wildman–Crippen LogP) is 15.7. The first-order valence-corrected chi connectivity index (χ1v) is 26.3. The van der Waals surface area contributed by atoms with Crippen LogP contribution in [-0.4, -0.2) is 23.9 Å². The van der Waals surface area contributed by atoms with Gasteiger partial charge in [0.05, 0.1) is 11.3 Å². The van der Waals surface area contributed by atoms with Gasteiger partial charge in [-0.1, -0.05) is 182 Å². The van der Waals surface area contributed by atoms with E-state index in [1.54, 1.807) is 6.07 Å². The van der Waals surface area contributed by atoms with Crippen LogP contribution in [0.1, 0.15) is 85.3 Å². The summed E-state index contributed by atoms with van der Waals surface area (Å²) in [6.07, 6.45) is 1.29. The van der Waals surface area contributed by atoms with E-state index in [4.69, 9.17) is 0 Å². The first-order valence-electron chi connectivity index (χ1n) is 23.3. The van der Waals surface area contributed by atoms with Crippen LogP contribution in [0.15, 0.2) is 145 Å². The number of allylic oxidation sites excluding steroid dienone is 2. The number of ketones is 1. The van der Waals surface area contributed by atoms with Crippen molar-refractivity contribution >= 4 is 35.0 Å². The molecule has 7 aromatic rings. The number of hydrogen-bond donors (Lipinski definition) is 1. The predicted molar refractivity (Wildman–Crippen MR) is 272 cm³/mol. The number of carbonyl (C=O) groups excluding carboxylic acids is 1. The van der Waals surface area contributed by atoms with Crippen LogP contribution in [0.3, 0.4) is 0 Å². The van der Waals surface area contributed by atoms with Gasteiger partial charge in [0.2, 0.25) is 0 Å². The second-order valence-corrected chi connectivity index (χ2v) is 23.4. The maximum Gasteiger partial charge on any atom is 0.418 e. The van der Waals surface area contributed by atoms with Crippen LogP contribution in [0.2, 0.25) is 13.1 Å². The van der Waals surface area contributed by atoms with Gasteiger partial charge >= 0.3 is 6.18 Å². The van der Waals surface area contributed by atoms with Crippen LogP contribution in [0.25, 0.3) is 66.5 Å². The molecule has 2 heterocycles. The molecule has 67 heavy (non-hydrogen) atoms. The molecule has 0 spiro atoms. The van der Waals surface area contributed by atoms with Crippen molar-refractivity contribution < 1.29 is 43.2 Å².